The lowest BCUT2D eigenvalue weighted by molar-refractivity contribution is -0.171. The zero-order valence-electron chi connectivity index (χ0n) is 29.8. The van der Waals surface area contributed by atoms with E-state index in [-0.39, 0.29) is 58.4 Å². The summed E-state index contributed by atoms with van der Waals surface area (Å²) in [6.07, 6.45) is 3.21. The first-order valence-electron chi connectivity index (χ1n) is 17.2. The third kappa shape index (κ3) is 4.47. The molecule has 2 aliphatic carbocycles. The number of hydrogen-bond acceptors (Lipinski definition) is 7. The summed E-state index contributed by atoms with van der Waals surface area (Å²) in [4.78, 5) is 34.7. The Kier molecular flexibility index (Phi) is 6.99. The van der Waals surface area contributed by atoms with Crippen LogP contribution in [0.3, 0.4) is 0 Å². The van der Waals surface area contributed by atoms with Crippen molar-refractivity contribution in [2.75, 3.05) is 10.2 Å². The number of pyridine rings is 1. The van der Waals surface area contributed by atoms with Gasteiger partial charge in [-0.1, -0.05) is 70.0 Å². The second kappa shape index (κ2) is 10.8. The second-order valence-corrected chi connectivity index (χ2v) is 16.2. The number of nitrogens with one attached hydrogen (secondary N) is 3. The van der Waals surface area contributed by atoms with Crippen LogP contribution in [0.15, 0.2) is 71.2 Å². The second-order valence-electron chi connectivity index (χ2n) is 16.2. The van der Waals surface area contributed by atoms with Crippen molar-refractivity contribution in [2.24, 2.45) is 10.8 Å². The van der Waals surface area contributed by atoms with Crippen molar-refractivity contribution in [3.05, 3.63) is 105 Å². The highest BCUT2D eigenvalue weighted by molar-refractivity contribution is 6.05. The quantitative estimate of drug-likeness (QED) is 0.186. The van der Waals surface area contributed by atoms with E-state index in [9.17, 15) is 9.59 Å². The molecule has 0 spiro atoms. The first-order chi connectivity index (χ1) is 24.4. The SMILES string of the molecule is C#Cc1[nH]nc2c1C(C)(c1ccccc1)C1=C(CC(C)(C)CC1=O)N2c1ccc(C2(C(F)(F)F)C3=C(CC(C)(C)CC3=O)Nc3n[nH]c(C)c32)cn1. The Bertz CT molecular complexity index is 2300. The van der Waals surface area contributed by atoms with Crippen molar-refractivity contribution in [3.8, 4) is 12.3 Å². The number of carbonyl (C=O) groups is 2. The number of rotatable bonds is 3. The Morgan fingerprint density at radius 2 is 1.50 bits per heavy atom. The van der Waals surface area contributed by atoms with Crippen molar-refractivity contribution >= 4 is 29.0 Å². The molecule has 0 amide bonds. The number of halogens is 3. The molecule has 0 fully saturated rings. The number of H-pyrrole nitrogens is 2. The van der Waals surface area contributed by atoms with Gasteiger partial charge in [0, 0.05) is 58.4 Å². The number of nitrogens with zero attached hydrogens (tertiary/aromatic N) is 4. The van der Waals surface area contributed by atoms with Gasteiger partial charge in [-0.15, -0.1) is 6.42 Å². The van der Waals surface area contributed by atoms with Gasteiger partial charge in [-0.05, 0) is 54.7 Å². The Labute approximate surface area is 299 Å². The van der Waals surface area contributed by atoms with Crippen LogP contribution in [0.5, 0.6) is 0 Å². The Hall–Kier alpha value is -5.44. The molecule has 2 aliphatic heterocycles. The Morgan fingerprint density at radius 1 is 0.827 bits per heavy atom. The third-order valence-electron chi connectivity index (χ3n) is 11.3. The van der Waals surface area contributed by atoms with Gasteiger partial charge in [0.1, 0.15) is 11.5 Å². The number of aromatic nitrogens is 5. The molecule has 3 aromatic heterocycles. The predicted molar refractivity (Wildman–Crippen MR) is 190 cm³/mol. The van der Waals surface area contributed by atoms with Gasteiger partial charge in [0.25, 0.3) is 0 Å². The molecular weight excluding hydrogens is 667 g/mol. The van der Waals surface area contributed by atoms with Crippen LogP contribution in [-0.4, -0.2) is 43.1 Å². The highest BCUT2D eigenvalue weighted by Crippen LogP contribution is 2.61. The molecule has 4 aliphatic rings. The predicted octanol–water partition coefficient (Wildman–Crippen LogP) is 7.84. The molecule has 52 heavy (non-hydrogen) atoms. The summed E-state index contributed by atoms with van der Waals surface area (Å²) in [7, 11) is 0. The highest BCUT2D eigenvalue weighted by Gasteiger charge is 2.66. The van der Waals surface area contributed by atoms with Crippen LogP contribution in [0.25, 0.3) is 0 Å². The van der Waals surface area contributed by atoms with E-state index in [1.54, 1.807) is 4.90 Å². The molecule has 266 valence electrons. The van der Waals surface area contributed by atoms with Crippen LogP contribution in [0, 0.1) is 30.1 Å². The maximum Gasteiger partial charge on any atom is 0.406 e. The standard InChI is InChI=1S/C40H38F3N7O2/c1-8-24-32-35(49-47-24)50(26-17-37(5,6)19-28(52)33(26)38(32,7)22-12-10-9-11-13-22)29-15-14-23(20-44-29)39(40(41,42)43)30-21(2)46-48-34(30)45-25-16-36(3,4)18-27(51)31(25)39/h1,9-15,20H,16-19H2,2-7H3,(H,47,49)(H2,45,46,48). The maximum absolute atomic E-state index is 16.1. The average Bonchev–Trinajstić information content (AvgIpc) is 3.66. The molecule has 9 nitrogen and oxygen atoms in total. The zero-order chi connectivity index (χ0) is 37.2. The van der Waals surface area contributed by atoms with Crippen LogP contribution < -0.4 is 10.2 Å². The Balaban J connectivity index is 1.37. The summed E-state index contributed by atoms with van der Waals surface area (Å²) in [6, 6.07) is 12.5. The topological polar surface area (TPSA) is 120 Å². The largest absolute Gasteiger partial charge is 0.406 e. The molecule has 2 atom stereocenters. The number of fused-ring (bicyclic) bond motifs is 2. The molecule has 0 saturated heterocycles. The molecule has 0 radical (unpaired) electrons. The number of alkyl halides is 3. The number of hydrogen-bond donors (Lipinski definition) is 3. The number of carbonyl (C=O) groups excluding carboxylic acids is 2. The van der Waals surface area contributed by atoms with Crippen LogP contribution in [0.1, 0.15) is 93.9 Å². The van der Waals surface area contributed by atoms with E-state index in [4.69, 9.17) is 11.4 Å². The number of benzene rings is 1. The number of terminal acetylenes is 1. The van der Waals surface area contributed by atoms with Crippen molar-refractivity contribution in [1.82, 2.24) is 25.4 Å². The van der Waals surface area contributed by atoms with Gasteiger partial charge in [-0.25, -0.2) is 4.98 Å². The minimum atomic E-state index is -4.95. The number of ketones is 2. The molecule has 3 N–H and O–H groups in total. The van der Waals surface area contributed by atoms with Gasteiger partial charge in [-0.3, -0.25) is 24.7 Å². The summed E-state index contributed by atoms with van der Waals surface area (Å²) < 4.78 is 48.2. The summed E-state index contributed by atoms with van der Waals surface area (Å²) in [5.41, 5.74) is -2.07. The molecular formula is C40H38F3N7O2. The molecule has 2 unspecified atom stereocenters. The van der Waals surface area contributed by atoms with E-state index in [1.165, 1.54) is 25.3 Å². The normalized spacial score (nSPS) is 24.8. The van der Waals surface area contributed by atoms with Crippen molar-refractivity contribution in [3.63, 3.8) is 0 Å². The van der Waals surface area contributed by atoms with Crippen LogP contribution in [0.2, 0.25) is 0 Å². The monoisotopic (exact) mass is 705 g/mol. The average molecular weight is 706 g/mol. The molecule has 4 aromatic rings. The number of allylic oxidation sites excluding steroid dienone is 4. The van der Waals surface area contributed by atoms with Gasteiger partial charge in [0.2, 0.25) is 0 Å². The zero-order valence-corrected chi connectivity index (χ0v) is 29.8. The molecule has 0 bridgehead atoms. The first-order valence-corrected chi connectivity index (χ1v) is 17.2. The van der Waals surface area contributed by atoms with E-state index in [1.807, 2.05) is 65.0 Å². The van der Waals surface area contributed by atoms with Gasteiger partial charge < -0.3 is 5.32 Å². The number of aromatic amines is 2. The molecule has 12 heteroatoms. The van der Waals surface area contributed by atoms with Crippen LogP contribution in [0.4, 0.5) is 30.6 Å². The van der Waals surface area contributed by atoms with E-state index >= 15 is 13.2 Å². The van der Waals surface area contributed by atoms with E-state index in [0.717, 1.165) is 5.56 Å². The van der Waals surface area contributed by atoms with E-state index in [0.29, 0.717) is 41.2 Å². The van der Waals surface area contributed by atoms with Crippen LogP contribution >= 0.6 is 0 Å². The van der Waals surface area contributed by atoms with E-state index < -0.39 is 33.6 Å². The van der Waals surface area contributed by atoms with Gasteiger partial charge in [-0.2, -0.15) is 23.4 Å². The van der Waals surface area contributed by atoms with Crippen molar-refractivity contribution in [2.45, 2.75) is 84.2 Å². The van der Waals surface area contributed by atoms with Crippen molar-refractivity contribution < 1.29 is 22.8 Å². The van der Waals surface area contributed by atoms with Crippen LogP contribution in [-0.2, 0) is 20.4 Å². The van der Waals surface area contributed by atoms with Gasteiger partial charge in [0.15, 0.2) is 28.6 Å². The van der Waals surface area contributed by atoms with Gasteiger partial charge in [0.05, 0.1) is 5.41 Å². The third-order valence-corrected chi connectivity index (χ3v) is 11.3. The molecule has 1 aromatic carbocycles. The molecule has 5 heterocycles. The maximum atomic E-state index is 16.1. The summed E-state index contributed by atoms with van der Waals surface area (Å²) >= 11 is 0. The fourth-order valence-electron chi connectivity index (χ4n) is 9.26. The lowest BCUT2D eigenvalue weighted by Crippen LogP contribution is -2.52. The number of anilines is 3. The minimum absolute atomic E-state index is 0.0279. The molecule has 8 rings (SSSR count). The summed E-state index contributed by atoms with van der Waals surface area (Å²) in [6.45, 7) is 11.2. The first kappa shape index (κ1) is 33.7. The fraction of sp³-hybridized carbons (Fsp3) is 0.375. The molecule has 0 saturated carbocycles. The number of Topliss-reactive ketones (excluding diaryl/α,β-unsaturated/α-hetero) is 2. The van der Waals surface area contributed by atoms with Gasteiger partial charge >= 0.3 is 6.18 Å². The summed E-state index contributed by atoms with van der Waals surface area (Å²) in [5.74, 6) is 2.77. The lowest BCUT2D eigenvalue weighted by Gasteiger charge is -2.47. The van der Waals surface area contributed by atoms with Crippen molar-refractivity contribution in [1.29, 1.82) is 0 Å². The smallest absolute Gasteiger partial charge is 0.342 e. The fourth-order valence-corrected chi connectivity index (χ4v) is 9.26. The highest BCUT2D eigenvalue weighted by atomic mass is 19.4. The minimum Gasteiger partial charge on any atom is -0.342 e. The Morgan fingerprint density at radius 3 is 2.13 bits per heavy atom. The number of aryl methyl sites for hydroxylation is 1. The van der Waals surface area contributed by atoms with E-state index in [2.05, 4.69) is 31.6 Å². The summed E-state index contributed by atoms with van der Waals surface area (Å²) in [5, 5.41) is 17.6. The lowest BCUT2D eigenvalue weighted by atomic mass is 9.60.